The van der Waals surface area contributed by atoms with Gasteiger partial charge < -0.3 is 10.2 Å². The largest absolute Gasteiger partial charge is 0.350 e. The Kier molecular flexibility index (Phi) is 6.28. The van der Waals surface area contributed by atoms with Crippen molar-refractivity contribution in [3.05, 3.63) is 39.9 Å². The number of non-ortho nitro benzene ring substituents is 1. The summed E-state index contributed by atoms with van der Waals surface area (Å²) in [6, 6.07) is 5.67. The van der Waals surface area contributed by atoms with Gasteiger partial charge in [0.15, 0.2) is 0 Å². The lowest BCUT2D eigenvalue weighted by molar-refractivity contribution is -0.384. The molecule has 2 rings (SSSR count). The van der Waals surface area contributed by atoms with Crippen molar-refractivity contribution in [2.45, 2.75) is 51.6 Å². The fraction of sp³-hybridized carbons (Fsp3) is 0.529. The molecule has 1 heterocycles. The summed E-state index contributed by atoms with van der Waals surface area (Å²) in [6.45, 7) is 2.88. The van der Waals surface area contributed by atoms with Crippen LogP contribution in [0.5, 0.6) is 0 Å². The monoisotopic (exact) mass is 333 g/mol. The maximum atomic E-state index is 12.5. The number of carbonyl (C=O) groups is 2. The summed E-state index contributed by atoms with van der Waals surface area (Å²) in [4.78, 5) is 36.5. The number of hydrogen-bond donors (Lipinski definition) is 1. The molecule has 1 aromatic carbocycles. The molecule has 0 aromatic heterocycles. The van der Waals surface area contributed by atoms with Crippen molar-refractivity contribution in [2.75, 3.05) is 6.54 Å². The predicted octanol–water partition coefficient (Wildman–Crippen LogP) is 2.39. The molecule has 24 heavy (non-hydrogen) atoms. The standard InChI is InChI=1S/C17H23N3O4/c1-2-5-16(21)19-11-4-3-6-15(19)17(22)18-12-13-7-9-14(10-8-13)20(23)24/h7-10,15H,2-6,11-12H2,1H3,(H,18,22). The van der Waals surface area contributed by atoms with Crippen molar-refractivity contribution >= 4 is 17.5 Å². The predicted molar refractivity (Wildman–Crippen MR) is 89.2 cm³/mol. The Balaban J connectivity index is 1.94. The van der Waals surface area contributed by atoms with E-state index >= 15 is 0 Å². The van der Waals surface area contributed by atoms with Gasteiger partial charge in [0.05, 0.1) is 4.92 Å². The molecule has 0 aliphatic carbocycles. The van der Waals surface area contributed by atoms with Crippen LogP contribution in [0.25, 0.3) is 0 Å². The number of amides is 2. The Labute approximate surface area is 141 Å². The third-order valence-corrected chi connectivity index (χ3v) is 4.20. The number of piperidine rings is 1. The zero-order chi connectivity index (χ0) is 17.5. The number of rotatable bonds is 6. The molecular formula is C17H23N3O4. The number of nitro benzene ring substituents is 1. The van der Waals surface area contributed by atoms with Crippen molar-refractivity contribution in [1.29, 1.82) is 0 Å². The van der Waals surface area contributed by atoms with Crippen LogP contribution in [0, 0.1) is 10.1 Å². The lowest BCUT2D eigenvalue weighted by Crippen LogP contribution is -2.51. The third kappa shape index (κ3) is 4.53. The highest BCUT2D eigenvalue weighted by molar-refractivity contribution is 5.87. The van der Waals surface area contributed by atoms with Gasteiger partial charge in [-0.2, -0.15) is 0 Å². The number of nitro groups is 1. The Hall–Kier alpha value is -2.44. The molecule has 130 valence electrons. The minimum Gasteiger partial charge on any atom is -0.350 e. The number of benzene rings is 1. The van der Waals surface area contributed by atoms with Gasteiger partial charge in [-0.25, -0.2) is 0 Å². The maximum Gasteiger partial charge on any atom is 0.269 e. The summed E-state index contributed by atoms with van der Waals surface area (Å²) >= 11 is 0. The number of nitrogens with zero attached hydrogens (tertiary/aromatic N) is 2. The van der Waals surface area contributed by atoms with E-state index in [0.717, 1.165) is 24.8 Å². The minimum absolute atomic E-state index is 0.0219. The van der Waals surface area contributed by atoms with Crippen LogP contribution in [0.2, 0.25) is 0 Å². The van der Waals surface area contributed by atoms with E-state index in [9.17, 15) is 19.7 Å². The van der Waals surface area contributed by atoms with Crippen LogP contribution in [-0.2, 0) is 16.1 Å². The highest BCUT2D eigenvalue weighted by Crippen LogP contribution is 2.19. The first-order valence-corrected chi connectivity index (χ1v) is 8.33. The van der Waals surface area contributed by atoms with Crippen LogP contribution in [0.1, 0.15) is 44.6 Å². The lowest BCUT2D eigenvalue weighted by atomic mass is 10.0. The van der Waals surface area contributed by atoms with E-state index in [0.29, 0.717) is 25.9 Å². The second kappa shape index (κ2) is 8.42. The summed E-state index contributed by atoms with van der Waals surface area (Å²) < 4.78 is 0. The summed E-state index contributed by atoms with van der Waals surface area (Å²) in [5, 5.41) is 13.5. The van der Waals surface area contributed by atoms with Gasteiger partial charge >= 0.3 is 0 Å². The zero-order valence-corrected chi connectivity index (χ0v) is 13.9. The van der Waals surface area contributed by atoms with Crippen LogP contribution in [0.4, 0.5) is 5.69 Å². The van der Waals surface area contributed by atoms with E-state index in [1.807, 2.05) is 6.92 Å². The first-order chi connectivity index (χ1) is 11.5. The van der Waals surface area contributed by atoms with Gasteiger partial charge in [0.2, 0.25) is 11.8 Å². The molecule has 7 nitrogen and oxygen atoms in total. The smallest absolute Gasteiger partial charge is 0.269 e. The van der Waals surface area contributed by atoms with Crippen molar-refractivity contribution in [3.8, 4) is 0 Å². The van der Waals surface area contributed by atoms with E-state index < -0.39 is 11.0 Å². The fourth-order valence-corrected chi connectivity index (χ4v) is 2.90. The average Bonchev–Trinajstić information content (AvgIpc) is 2.60. The molecule has 0 radical (unpaired) electrons. The zero-order valence-electron chi connectivity index (χ0n) is 13.9. The summed E-state index contributed by atoms with van der Waals surface area (Å²) in [6.07, 6.45) is 3.78. The quantitative estimate of drug-likeness (QED) is 0.639. The Morgan fingerprint density at radius 3 is 2.62 bits per heavy atom. The number of nitrogens with one attached hydrogen (secondary N) is 1. The van der Waals surface area contributed by atoms with Crippen molar-refractivity contribution in [1.82, 2.24) is 10.2 Å². The van der Waals surface area contributed by atoms with Gasteiger partial charge in [0.25, 0.3) is 5.69 Å². The second-order valence-electron chi connectivity index (χ2n) is 5.99. The van der Waals surface area contributed by atoms with Crippen LogP contribution in [0.15, 0.2) is 24.3 Å². The minimum atomic E-state index is -0.457. The summed E-state index contributed by atoms with van der Waals surface area (Å²) in [5.41, 5.74) is 0.810. The van der Waals surface area contributed by atoms with Gasteiger partial charge in [-0.15, -0.1) is 0 Å². The highest BCUT2D eigenvalue weighted by Gasteiger charge is 2.31. The van der Waals surface area contributed by atoms with E-state index in [1.165, 1.54) is 12.1 Å². The molecule has 0 spiro atoms. The normalized spacial score (nSPS) is 17.4. The van der Waals surface area contributed by atoms with E-state index in [2.05, 4.69) is 5.32 Å². The molecule has 1 saturated heterocycles. The molecule has 1 unspecified atom stereocenters. The topological polar surface area (TPSA) is 92.6 Å². The van der Waals surface area contributed by atoms with Crippen molar-refractivity contribution in [3.63, 3.8) is 0 Å². The third-order valence-electron chi connectivity index (χ3n) is 4.20. The number of likely N-dealkylation sites (tertiary alicyclic amines) is 1. The van der Waals surface area contributed by atoms with Crippen LogP contribution >= 0.6 is 0 Å². The second-order valence-corrected chi connectivity index (χ2v) is 5.99. The first kappa shape index (κ1) is 17.9. The van der Waals surface area contributed by atoms with Crippen molar-refractivity contribution in [2.24, 2.45) is 0 Å². The molecule has 0 bridgehead atoms. The molecule has 1 atom stereocenters. The molecule has 1 aliphatic rings. The summed E-state index contributed by atoms with van der Waals surface area (Å²) in [5.74, 6) is -0.120. The molecule has 1 N–H and O–H groups in total. The maximum absolute atomic E-state index is 12.5. The highest BCUT2D eigenvalue weighted by atomic mass is 16.6. The lowest BCUT2D eigenvalue weighted by Gasteiger charge is -2.34. The first-order valence-electron chi connectivity index (χ1n) is 8.33. The number of carbonyl (C=O) groups excluding carboxylic acids is 2. The van der Waals surface area contributed by atoms with Crippen LogP contribution in [-0.4, -0.2) is 34.2 Å². The van der Waals surface area contributed by atoms with Gasteiger partial charge in [-0.1, -0.05) is 19.1 Å². The van der Waals surface area contributed by atoms with E-state index in [4.69, 9.17) is 0 Å². The molecule has 1 aliphatic heterocycles. The Morgan fingerprint density at radius 1 is 1.29 bits per heavy atom. The van der Waals surface area contributed by atoms with E-state index in [-0.39, 0.29) is 17.5 Å². The molecule has 0 saturated carbocycles. The average molecular weight is 333 g/mol. The SMILES string of the molecule is CCCC(=O)N1CCCCC1C(=O)NCc1ccc([N+](=O)[O-])cc1. The van der Waals surface area contributed by atoms with Crippen LogP contribution in [0.3, 0.4) is 0 Å². The van der Waals surface area contributed by atoms with Crippen LogP contribution < -0.4 is 5.32 Å². The molecule has 7 heteroatoms. The molecule has 1 fully saturated rings. The van der Waals surface area contributed by atoms with Gasteiger partial charge in [0, 0.05) is 31.6 Å². The van der Waals surface area contributed by atoms with Gasteiger partial charge in [0.1, 0.15) is 6.04 Å². The Bertz CT molecular complexity index is 600. The van der Waals surface area contributed by atoms with Gasteiger partial charge in [-0.05, 0) is 31.2 Å². The molecule has 1 aromatic rings. The molecule has 2 amide bonds. The molecular weight excluding hydrogens is 310 g/mol. The summed E-state index contributed by atoms with van der Waals surface area (Å²) in [7, 11) is 0. The van der Waals surface area contributed by atoms with Crippen molar-refractivity contribution < 1.29 is 14.5 Å². The Morgan fingerprint density at radius 2 is 2.00 bits per heavy atom. The number of hydrogen-bond acceptors (Lipinski definition) is 4. The fourth-order valence-electron chi connectivity index (χ4n) is 2.90. The van der Waals surface area contributed by atoms with E-state index in [1.54, 1.807) is 17.0 Å². The van der Waals surface area contributed by atoms with Gasteiger partial charge in [-0.3, -0.25) is 19.7 Å².